The van der Waals surface area contributed by atoms with Gasteiger partial charge in [-0.05, 0) is 26.7 Å². The smallest absolute Gasteiger partial charge is 0.314 e. The fourth-order valence-corrected chi connectivity index (χ4v) is 1.10. The summed E-state index contributed by atoms with van der Waals surface area (Å²) in [6.45, 7) is 7.30. The lowest BCUT2D eigenvalue weighted by Crippen LogP contribution is -2.39. The van der Waals surface area contributed by atoms with Crippen molar-refractivity contribution in [2.45, 2.75) is 45.6 Å². The maximum absolute atomic E-state index is 11.3. The molecule has 0 aliphatic rings. The van der Waals surface area contributed by atoms with E-state index in [9.17, 15) is 9.59 Å². The predicted molar refractivity (Wildman–Crippen MR) is 68.6 cm³/mol. The van der Waals surface area contributed by atoms with Gasteiger partial charge in [0.25, 0.3) is 0 Å². The predicted octanol–water partition coefficient (Wildman–Crippen LogP) is 1.36. The van der Waals surface area contributed by atoms with Crippen LogP contribution in [0.5, 0.6) is 0 Å². The Kier molecular flexibility index (Phi) is 8.11. The van der Waals surface area contributed by atoms with Crippen LogP contribution in [0.15, 0.2) is 0 Å². The molecule has 0 aromatic rings. The van der Waals surface area contributed by atoms with E-state index in [4.69, 9.17) is 9.84 Å². The van der Waals surface area contributed by atoms with Crippen LogP contribution in [0, 0.1) is 0 Å². The number of carboxylic acid groups (broad SMARTS) is 1. The van der Waals surface area contributed by atoms with Crippen LogP contribution in [0.3, 0.4) is 0 Å². The SMILES string of the molecule is CCC(C)(C)OCCNC(=O)NCCCC(=O)O. The van der Waals surface area contributed by atoms with E-state index in [0.29, 0.717) is 26.1 Å². The molecule has 0 rings (SSSR count). The topological polar surface area (TPSA) is 87.7 Å². The van der Waals surface area contributed by atoms with E-state index in [-0.39, 0.29) is 18.1 Å². The quantitative estimate of drug-likeness (QED) is 0.546. The second kappa shape index (κ2) is 8.74. The average Bonchev–Trinajstić information content (AvgIpc) is 2.30. The molecule has 0 saturated heterocycles. The van der Waals surface area contributed by atoms with E-state index >= 15 is 0 Å². The van der Waals surface area contributed by atoms with Gasteiger partial charge < -0.3 is 20.5 Å². The van der Waals surface area contributed by atoms with Gasteiger partial charge in [-0.15, -0.1) is 0 Å². The van der Waals surface area contributed by atoms with Gasteiger partial charge in [0.15, 0.2) is 0 Å². The van der Waals surface area contributed by atoms with Gasteiger partial charge in [0.05, 0.1) is 12.2 Å². The van der Waals surface area contributed by atoms with E-state index in [1.54, 1.807) is 0 Å². The zero-order valence-electron chi connectivity index (χ0n) is 11.4. The standard InChI is InChI=1S/C12H24N2O4/c1-4-12(2,3)18-9-8-14-11(17)13-7-5-6-10(15)16/h4-9H2,1-3H3,(H,15,16)(H2,13,14,17). The number of aliphatic carboxylic acids is 1. The average molecular weight is 260 g/mol. The minimum Gasteiger partial charge on any atom is -0.481 e. The summed E-state index contributed by atoms with van der Waals surface area (Å²) in [6, 6.07) is -0.293. The van der Waals surface area contributed by atoms with Gasteiger partial charge in [-0.25, -0.2) is 4.79 Å². The van der Waals surface area contributed by atoms with Gasteiger partial charge in [0.1, 0.15) is 0 Å². The number of carbonyl (C=O) groups is 2. The Labute approximate surface area is 108 Å². The largest absolute Gasteiger partial charge is 0.481 e. The molecule has 0 bridgehead atoms. The molecule has 0 aromatic heterocycles. The van der Waals surface area contributed by atoms with E-state index < -0.39 is 5.97 Å². The molecule has 0 aromatic carbocycles. The molecule has 0 fully saturated rings. The number of hydrogen-bond donors (Lipinski definition) is 3. The number of amides is 2. The molecule has 6 nitrogen and oxygen atoms in total. The van der Waals surface area contributed by atoms with Gasteiger partial charge in [-0.1, -0.05) is 6.92 Å². The maximum atomic E-state index is 11.3. The highest BCUT2D eigenvalue weighted by Crippen LogP contribution is 2.12. The van der Waals surface area contributed by atoms with Crippen molar-refractivity contribution < 1.29 is 19.4 Å². The summed E-state index contributed by atoms with van der Waals surface area (Å²) in [7, 11) is 0. The van der Waals surface area contributed by atoms with Crippen molar-refractivity contribution in [3.8, 4) is 0 Å². The molecule has 3 N–H and O–H groups in total. The van der Waals surface area contributed by atoms with Crippen molar-refractivity contribution in [2.75, 3.05) is 19.7 Å². The molecule has 0 spiro atoms. The summed E-state index contributed by atoms with van der Waals surface area (Å²) in [6.07, 6.45) is 1.41. The number of carbonyl (C=O) groups excluding carboxylic acids is 1. The monoisotopic (exact) mass is 260 g/mol. The Morgan fingerprint density at radius 1 is 1.22 bits per heavy atom. The first-order valence-corrected chi connectivity index (χ1v) is 6.25. The molecule has 0 saturated carbocycles. The lowest BCUT2D eigenvalue weighted by Gasteiger charge is -2.23. The summed E-state index contributed by atoms with van der Waals surface area (Å²) in [5, 5.41) is 13.6. The number of urea groups is 1. The van der Waals surface area contributed by atoms with Crippen molar-refractivity contribution in [3.63, 3.8) is 0 Å². The first-order valence-electron chi connectivity index (χ1n) is 6.25. The Bertz CT molecular complexity index is 267. The molecule has 0 aliphatic heterocycles. The molecule has 0 aliphatic carbocycles. The van der Waals surface area contributed by atoms with Crippen molar-refractivity contribution in [2.24, 2.45) is 0 Å². The number of nitrogens with one attached hydrogen (secondary N) is 2. The van der Waals surface area contributed by atoms with E-state index in [2.05, 4.69) is 10.6 Å². The van der Waals surface area contributed by atoms with Crippen LogP contribution < -0.4 is 10.6 Å². The van der Waals surface area contributed by atoms with Gasteiger partial charge in [0.2, 0.25) is 0 Å². The summed E-state index contributed by atoms with van der Waals surface area (Å²) in [5.74, 6) is -0.854. The minimum atomic E-state index is -0.854. The zero-order valence-corrected chi connectivity index (χ0v) is 11.4. The molecule has 2 amide bonds. The Morgan fingerprint density at radius 3 is 2.39 bits per heavy atom. The van der Waals surface area contributed by atoms with Crippen LogP contribution in [0.2, 0.25) is 0 Å². The third kappa shape index (κ3) is 9.89. The molecule has 0 unspecified atom stereocenters. The first-order chi connectivity index (χ1) is 8.37. The van der Waals surface area contributed by atoms with Gasteiger partial charge in [0, 0.05) is 19.5 Å². The van der Waals surface area contributed by atoms with Crippen molar-refractivity contribution >= 4 is 12.0 Å². The first kappa shape index (κ1) is 16.7. The van der Waals surface area contributed by atoms with Crippen LogP contribution in [-0.4, -0.2) is 42.4 Å². The summed E-state index contributed by atoms with van der Waals surface area (Å²) in [4.78, 5) is 21.5. The third-order valence-corrected chi connectivity index (χ3v) is 2.58. The fourth-order valence-electron chi connectivity index (χ4n) is 1.10. The lowest BCUT2D eigenvalue weighted by atomic mass is 10.1. The van der Waals surface area contributed by atoms with Gasteiger partial charge in [-0.3, -0.25) is 4.79 Å². The second-order valence-electron chi connectivity index (χ2n) is 4.64. The highest BCUT2D eigenvalue weighted by molar-refractivity contribution is 5.73. The van der Waals surface area contributed by atoms with Crippen LogP contribution in [0.4, 0.5) is 4.79 Å². The lowest BCUT2D eigenvalue weighted by molar-refractivity contribution is -0.137. The third-order valence-electron chi connectivity index (χ3n) is 2.58. The van der Waals surface area contributed by atoms with Crippen LogP contribution in [0.25, 0.3) is 0 Å². The summed E-state index contributed by atoms with van der Waals surface area (Å²) in [5.41, 5.74) is -0.167. The molecule has 0 heterocycles. The number of ether oxygens (including phenoxy) is 1. The Hall–Kier alpha value is -1.30. The maximum Gasteiger partial charge on any atom is 0.314 e. The summed E-state index contributed by atoms with van der Waals surface area (Å²) >= 11 is 0. The van der Waals surface area contributed by atoms with Crippen LogP contribution in [-0.2, 0) is 9.53 Å². The van der Waals surface area contributed by atoms with Crippen molar-refractivity contribution in [1.29, 1.82) is 0 Å². The molecule has 6 heteroatoms. The van der Waals surface area contributed by atoms with Gasteiger partial charge >= 0.3 is 12.0 Å². The normalized spacial score (nSPS) is 11.1. The van der Waals surface area contributed by atoms with E-state index in [1.807, 2.05) is 20.8 Å². The second-order valence-corrected chi connectivity index (χ2v) is 4.64. The number of rotatable bonds is 9. The van der Waals surface area contributed by atoms with Crippen molar-refractivity contribution in [3.05, 3.63) is 0 Å². The fraction of sp³-hybridized carbons (Fsp3) is 0.833. The summed E-state index contributed by atoms with van der Waals surface area (Å²) < 4.78 is 5.57. The Morgan fingerprint density at radius 2 is 1.83 bits per heavy atom. The highest BCUT2D eigenvalue weighted by atomic mass is 16.5. The minimum absolute atomic E-state index is 0.0636. The molecule has 0 atom stereocenters. The highest BCUT2D eigenvalue weighted by Gasteiger charge is 2.14. The zero-order chi connectivity index (χ0) is 14.0. The molecule has 0 radical (unpaired) electrons. The number of carboxylic acids is 1. The van der Waals surface area contributed by atoms with Crippen LogP contribution >= 0.6 is 0 Å². The van der Waals surface area contributed by atoms with Crippen LogP contribution in [0.1, 0.15) is 40.0 Å². The van der Waals surface area contributed by atoms with Gasteiger partial charge in [-0.2, -0.15) is 0 Å². The van der Waals surface area contributed by atoms with E-state index in [1.165, 1.54) is 0 Å². The Balaban J connectivity index is 3.45. The molecular weight excluding hydrogens is 236 g/mol. The number of hydrogen-bond acceptors (Lipinski definition) is 3. The molecular formula is C12H24N2O4. The molecule has 18 heavy (non-hydrogen) atoms. The van der Waals surface area contributed by atoms with Crippen molar-refractivity contribution in [1.82, 2.24) is 10.6 Å². The molecule has 106 valence electrons. The van der Waals surface area contributed by atoms with E-state index in [0.717, 1.165) is 6.42 Å².